The Morgan fingerprint density at radius 3 is 2.76 bits per heavy atom. The minimum absolute atomic E-state index is 0.206. The largest absolute Gasteiger partial charge is 0.385 e. The summed E-state index contributed by atoms with van der Waals surface area (Å²) in [6.45, 7) is 5.54. The van der Waals surface area contributed by atoms with E-state index in [1.54, 1.807) is 12.1 Å². The van der Waals surface area contributed by atoms with Crippen LogP contribution in [0.25, 0.3) is 10.9 Å². The average Bonchev–Trinajstić information content (AvgIpc) is 2.63. The lowest BCUT2D eigenvalue weighted by Gasteiger charge is -2.33. The summed E-state index contributed by atoms with van der Waals surface area (Å²) in [5.74, 6) is 1.62. The Hall–Kier alpha value is -2.30. The number of fused-ring (bicyclic) bond motifs is 1. The van der Waals surface area contributed by atoms with Gasteiger partial charge in [-0.2, -0.15) is 5.10 Å². The number of benzene rings is 1. The highest BCUT2D eigenvalue weighted by atomic mass is 19.1. The molecule has 5 heteroatoms. The van der Waals surface area contributed by atoms with Gasteiger partial charge in [-0.25, -0.2) is 4.39 Å². The number of aromatic nitrogens is 1. The van der Waals surface area contributed by atoms with Crippen LogP contribution < -0.4 is 5.73 Å². The second kappa shape index (κ2) is 7.72. The SMILES string of the molecule is C=N/N=C(\N)C(CC)C1CCC(c2ccnc3ccc(F)cc23)CC1. The van der Waals surface area contributed by atoms with E-state index < -0.39 is 0 Å². The number of pyridine rings is 1. The fraction of sp³-hybridized carbons (Fsp3) is 0.450. The molecular formula is C20H25FN4. The lowest BCUT2D eigenvalue weighted by atomic mass is 9.72. The molecule has 1 saturated carbocycles. The van der Waals surface area contributed by atoms with E-state index in [2.05, 4.69) is 28.8 Å². The van der Waals surface area contributed by atoms with Crippen molar-refractivity contribution in [3.63, 3.8) is 0 Å². The van der Waals surface area contributed by atoms with Gasteiger partial charge in [-0.15, -0.1) is 5.10 Å². The molecule has 0 bridgehead atoms. The molecule has 1 atom stereocenters. The predicted octanol–water partition coefficient (Wildman–Crippen LogP) is 4.65. The third-order valence-electron chi connectivity index (χ3n) is 5.52. The average molecular weight is 340 g/mol. The lowest BCUT2D eigenvalue weighted by molar-refractivity contribution is 0.271. The van der Waals surface area contributed by atoms with Gasteiger partial charge in [0.2, 0.25) is 0 Å². The van der Waals surface area contributed by atoms with E-state index in [1.165, 1.54) is 11.6 Å². The Morgan fingerprint density at radius 2 is 2.08 bits per heavy atom. The highest BCUT2D eigenvalue weighted by molar-refractivity contribution is 5.83. The maximum atomic E-state index is 13.7. The first kappa shape index (κ1) is 17.5. The minimum atomic E-state index is -0.206. The predicted molar refractivity (Wildman–Crippen MR) is 101 cm³/mol. The summed E-state index contributed by atoms with van der Waals surface area (Å²) in [4.78, 5) is 4.36. The molecule has 0 aliphatic heterocycles. The first-order valence-electron chi connectivity index (χ1n) is 8.97. The third kappa shape index (κ3) is 3.70. The first-order chi connectivity index (χ1) is 12.1. The van der Waals surface area contributed by atoms with Crippen molar-refractivity contribution in [1.82, 2.24) is 4.98 Å². The molecular weight excluding hydrogens is 315 g/mol. The summed E-state index contributed by atoms with van der Waals surface area (Å²) in [7, 11) is 0. The maximum absolute atomic E-state index is 13.7. The molecule has 0 radical (unpaired) electrons. The van der Waals surface area contributed by atoms with E-state index >= 15 is 0 Å². The maximum Gasteiger partial charge on any atom is 0.125 e. The molecule has 132 valence electrons. The smallest absolute Gasteiger partial charge is 0.125 e. The third-order valence-corrected chi connectivity index (χ3v) is 5.52. The van der Waals surface area contributed by atoms with Gasteiger partial charge >= 0.3 is 0 Å². The van der Waals surface area contributed by atoms with Gasteiger partial charge in [-0.05, 0) is 73.8 Å². The molecule has 1 aromatic carbocycles. The zero-order chi connectivity index (χ0) is 17.8. The Labute approximate surface area is 148 Å². The van der Waals surface area contributed by atoms with Crippen molar-refractivity contribution in [2.24, 2.45) is 27.8 Å². The van der Waals surface area contributed by atoms with Crippen LogP contribution in [0.5, 0.6) is 0 Å². The zero-order valence-corrected chi connectivity index (χ0v) is 14.7. The van der Waals surface area contributed by atoms with Gasteiger partial charge in [-0.3, -0.25) is 4.98 Å². The second-order valence-corrected chi connectivity index (χ2v) is 6.85. The number of nitrogens with two attached hydrogens (primary N) is 1. The number of hydrogen-bond donors (Lipinski definition) is 1. The molecule has 1 unspecified atom stereocenters. The molecule has 0 saturated heterocycles. The second-order valence-electron chi connectivity index (χ2n) is 6.85. The van der Waals surface area contributed by atoms with Crippen LogP contribution in [-0.2, 0) is 0 Å². The number of halogens is 1. The normalized spacial score (nSPS) is 22.7. The minimum Gasteiger partial charge on any atom is -0.385 e. The number of rotatable bonds is 5. The molecule has 1 aliphatic rings. The van der Waals surface area contributed by atoms with Crippen molar-refractivity contribution in [1.29, 1.82) is 0 Å². The lowest BCUT2D eigenvalue weighted by Crippen LogP contribution is -2.32. The summed E-state index contributed by atoms with van der Waals surface area (Å²) in [5, 5.41) is 8.47. The summed E-state index contributed by atoms with van der Waals surface area (Å²) in [5.41, 5.74) is 8.15. The van der Waals surface area contributed by atoms with E-state index in [1.807, 2.05) is 12.3 Å². The summed E-state index contributed by atoms with van der Waals surface area (Å²) in [6.07, 6.45) is 7.13. The Balaban J connectivity index is 1.78. The molecule has 1 heterocycles. The standard InChI is InChI=1S/C20H25FN4/c1-3-16(20(22)25-23-2)13-4-6-14(7-5-13)17-10-11-24-19-9-8-15(21)12-18(17)19/h8-14,16H,2-7H2,1H3,(H2,22,25). The first-order valence-corrected chi connectivity index (χ1v) is 8.97. The van der Waals surface area contributed by atoms with Gasteiger partial charge in [0.1, 0.15) is 11.7 Å². The molecule has 0 spiro atoms. The highest BCUT2D eigenvalue weighted by Gasteiger charge is 2.30. The molecule has 2 aromatic rings. The monoisotopic (exact) mass is 340 g/mol. The van der Waals surface area contributed by atoms with Gasteiger partial charge in [-0.1, -0.05) is 6.92 Å². The van der Waals surface area contributed by atoms with Crippen molar-refractivity contribution in [2.75, 3.05) is 0 Å². The Kier molecular flexibility index (Phi) is 5.41. The van der Waals surface area contributed by atoms with Crippen LogP contribution in [-0.4, -0.2) is 17.5 Å². The van der Waals surface area contributed by atoms with Gasteiger partial charge in [0.05, 0.1) is 5.52 Å². The summed E-state index contributed by atoms with van der Waals surface area (Å²) < 4.78 is 13.7. The van der Waals surface area contributed by atoms with Crippen LogP contribution >= 0.6 is 0 Å². The molecule has 1 aromatic heterocycles. The van der Waals surface area contributed by atoms with Crippen molar-refractivity contribution in [3.8, 4) is 0 Å². The summed E-state index contributed by atoms with van der Waals surface area (Å²) in [6, 6.07) is 6.88. The van der Waals surface area contributed by atoms with Gasteiger partial charge < -0.3 is 5.73 Å². The Bertz CT molecular complexity index is 778. The van der Waals surface area contributed by atoms with Crippen molar-refractivity contribution in [3.05, 3.63) is 41.8 Å². The van der Waals surface area contributed by atoms with Crippen molar-refractivity contribution >= 4 is 23.5 Å². The van der Waals surface area contributed by atoms with E-state index in [0.717, 1.165) is 43.0 Å². The van der Waals surface area contributed by atoms with E-state index in [0.29, 0.717) is 17.7 Å². The topological polar surface area (TPSA) is 63.6 Å². The number of nitrogens with zero attached hydrogens (tertiary/aromatic N) is 3. The van der Waals surface area contributed by atoms with Crippen LogP contribution in [0.4, 0.5) is 4.39 Å². The molecule has 3 rings (SSSR count). The van der Waals surface area contributed by atoms with Crippen LogP contribution in [0.15, 0.2) is 40.7 Å². The fourth-order valence-corrected chi connectivity index (χ4v) is 4.27. The van der Waals surface area contributed by atoms with Crippen LogP contribution in [0, 0.1) is 17.7 Å². The number of amidine groups is 1. The molecule has 1 fully saturated rings. The molecule has 2 N–H and O–H groups in total. The molecule has 1 aliphatic carbocycles. The number of hydrogen-bond acceptors (Lipinski definition) is 3. The van der Waals surface area contributed by atoms with E-state index in [9.17, 15) is 4.39 Å². The molecule has 4 nitrogen and oxygen atoms in total. The van der Waals surface area contributed by atoms with E-state index in [4.69, 9.17) is 5.73 Å². The fourth-order valence-electron chi connectivity index (χ4n) is 4.27. The van der Waals surface area contributed by atoms with Crippen molar-refractivity contribution in [2.45, 2.75) is 44.9 Å². The quantitative estimate of drug-likeness (QED) is 0.489. The van der Waals surface area contributed by atoms with Gasteiger partial charge in [0.25, 0.3) is 0 Å². The van der Waals surface area contributed by atoms with Crippen LogP contribution in [0.3, 0.4) is 0 Å². The highest BCUT2D eigenvalue weighted by Crippen LogP contribution is 2.41. The van der Waals surface area contributed by atoms with Crippen molar-refractivity contribution < 1.29 is 4.39 Å². The zero-order valence-electron chi connectivity index (χ0n) is 14.7. The molecule has 25 heavy (non-hydrogen) atoms. The van der Waals surface area contributed by atoms with Crippen LogP contribution in [0.2, 0.25) is 0 Å². The molecule has 0 amide bonds. The van der Waals surface area contributed by atoms with Gasteiger partial charge in [0.15, 0.2) is 0 Å². The van der Waals surface area contributed by atoms with Crippen LogP contribution in [0.1, 0.15) is 50.5 Å². The van der Waals surface area contributed by atoms with E-state index in [-0.39, 0.29) is 11.7 Å². The summed E-state index contributed by atoms with van der Waals surface area (Å²) >= 11 is 0. The van der Waals surface area contributed by atoms with Gasteiger partial charge in [0, 0.05) is 24.2 Å². The Morgan fingerprint density at radius 1 is 1.32 bits per heavy atom.